The molecule has 0 amide bonds. The van der Waals surface area contributed by atoms with Crippen LogP contribution in [0.5, 0.6) is 0 Å². The quantitative estimate of drug-likeness (QED) is 0.243. The van der Waals surface area contributed by atoms with Crippen LogP contribution in [0.15, 0.2) is 73.1 Å². The number of aromatic amines is 1. The summed E-state index contributed by atoms with van der Waals surface area (Å²) in [4.78, 5) is 4.60. The van der Waals surface area contributed by atoms with E-state index in [-0.39, 0.29) is 6.61 Å². The maximum absolute atomic E-state index is 12.8. The number of nitrogens with one attached hydrogen (secondary N) is 1. The molecule has 3 heterocycles. The van der Waals surface area contributed by atoms with Crippen LogP contribution in [0, 0.1) is 5.21 Å². The van der Waals surface area contributed by atoms with Gasteiger partial charge in [0, 0.05) is 36.9 Å². The third-order valence-corrected chi connectivity index (χ3v) is 6.18. The summed E-state index contributed by atoms with van der Waals surface area (Å²) >= 11 is 0. The molecular formula is C27H27N7O2. The van der Waals surface area contributed by atoms with Crippen molar-refractivity contribution in [3.63, 3.8) is 0 Å². The zero-order valence-electron chi connectivity index (χ0n) is 20.0. The maximum atomic E-state index is 12.8. The fraction of sp³-hybridized carbons (Fsp3) is 0.222. The highest BCUT2D eigenvalue weighted by atomic mass is 16.5. The van der Waals surface area contributed by atoms with Gasteiger partial charge in [0.1, 0.15) is 5.82 Å². The number of aryl methyl sites for hydroxylation is 1. The molecular weight excluding hydrogens is 454 g/mol. The Morgan fingerprint density at radius 2 is 1.81 bits per heavy atom. The summed E-state index contributed by atoms with van der Waals surface area (Å²) in [7, 11) is 0. The van der Waals surface area contributed by atoms with Crippen LogP contribution in [0.4, 0.5) is 0 Å². The minimum absolute atomic E-state index is 0.0935. The third kappa shape index (κ3) is 4.73. The lowest BCUT2D eigenvalue weighted by atomic mass is 9.92. The molecule has 0 unspecified atom stereocenters. The van der Waals surface area contributed by atoms with E-state index in [0.29, 0.717) is 23.8 Å². The van der Waals surface area contributed by atoms with Crippen molar-refractivity contribution in [2.24, 2.45) is 0 Å². The van der Waals surface area contributed by atoms with Gasteiger partial charge in [-0.1, -0.05) is 49.7 Å². The van der Waals surface area contributed by atoms with Crippen LogP contribution in [-0.4, -0.2) is 35.3 Å². The first-order valence-electron chi connectivity index (χ1n) is 12.0. The lowest BCUT2D eigenvalue weighted by Gasteiger charge is -2.15. The molecule has 2 aromatic carbocycles. The van der Waals surface area contributed by atoms with Crippen LogP contribution in [0.3, 0.4) is 0 Å². The Morgan fingerprint density at radius 1 is 1.00 bits per heavy atom. The van der Waals surface area contributed by atoms with Crippen LogP contribution in [0.25, 0.3) is 33.8 Å². The van der Waals surface area contributed by atoms with Crippen LogP contribution >= 0.6 is 0 Å². The average Bonchev–Trinajstić information content (AvgIpc) is 3.58. The monoisotopic (exact) mass is 481 g/mol. The smallest absolute Gasteiger partial charge is 0.224 e. The molecule has 0 spiro atoms. The number of hydrogen-bond donors (Lipinski definition) is 2. The third-order valence-electron chi connectivity index (χ3n) is 6.18. The Morgan fingerprint density at radius 3 is 2.56 bits per heavy atom. The molecule has 0 radical (unpaired) electrons. The fourth-order valence-electron chi connectivity index (χ4n) is 4.43. The largest absolute Gasteiger partial charge is 0.618 e. The van der Waals surface area contributed by atoms with E-state index in [1.54, 1.807) is 6.07 Å². The molecule has 5 aromatic rings. The van der Waals surface area contributed by atoms with Crippen LogP contribution in [0.1, 0.15) is 36.8 Å². The molecule has 2 N–H and O–H groups in total. The zero-order chi connectivity index (χ0) is 24.9. The van der Waals surface area contributed by atoms with Crippen LogP contribution < -0.4 is 4.73 Å². The van der Waals surface area contributed by atoms with Gasteiger partial charge < -0.3 is 14.9 Å². The van der Waals surface area contributed by atoms with Gasteiger partial charge in [0.05, 0.1) is 17.9 Å². The van der Waals surface area contributed by atoms with E-state index in [0.717, 1.165) is 57.6 Å². The molecule has 3 aromatic heterocycles. The van der Waals surface area contributed by atoms with Gasteiger partial charge in [-0.05, 0) is 45.7 Å². The molecule has 0 bridgehead atoms. The number of benzene rings is 2. The second kappa shape index (κ2) is 10.5. The molecule has 0 aliphatic carbocycles. The molecule has 5 rings (SSSR count). The van der Waals surface area contributed by atoms with Gasteiger partial charge in [-0.25, -0.2) is 10.1 Å². The Kier molecular flexibility index (Phi) is 6.81. The molecule has 9 nitrogen and oxygen atoms in total. The molecule has 36 heavy (non-hydrogen) atoms. The molecule has 0 atom stereocenters. The minimum atomic E-state index is -0.0935. The van der Waals surface area contributed by atoms with Gasteiger partial charge in [0.15, 0.2) is 12.0 Å². The SMILES string of the molecule is CCCCc1nc(CO)cn1Cc1ccc(-c2ccccc2-c2nnn[nH]2)c(-c2cccc[n+]2[O-])c1. The standard InChI is InChI=1S/C27H27N7O2/c1-2-3-11-26-28-20(18-35)17-33(26)16-19-12-13-22(24(15-19)25-10-6-7-14-34(25)36)21-8-4-5-9-23(21)27-29-31-32-30-27/h4-10,12-15,17,35H,2-3,11,16,18H2,1H3,(H,29,30,31,32). The minimum Gasteiger partial charge on any atom is -0.618 e. The predicted octanol–water partition coefficient (Wildman–Crippen LogP) is 3.91. The fourth-order valence-corrected chi connectivity index (χ4v) is 4.43. The normalized spacial score (nSPS) is 11.2. The van der Waals surface area contributed by atoms with E-state index in [9.17, 15) is 10.3 Å². The Bertz CT molecular complexity index is 1460. The van der Waals surface area contributed by atoms with Gasteiger partial charge in [-0.2, -0.15) is 4.73 Å². The molecule has 0 saturated carbocycles. The van der Waals surface area contributed by atoms with E-state index in [4.69, 9.17) is 0 Å². The topological polar surface area (TPSA) is 119 Å². The van der Waals surface area contributed by atoms with Crippen molar-refractivity contribution in [1.82, 2.24) is 30.2 Å². The second-order valence-electron chi connectivity index (χ2n) is 8.63. The molecule has 0 aliphatic heterocycles. The number of unbranched alkanes of at least 4 members (excludes halogenated alkanes) is 1. The number of aliphatic hydroxyl groups excluding tert-OH is 1. The van der Waals surface area contributed by atoms with Gasteiger partial charge in [0.2, 0.25) is 5.69 Å². The maximum Gasteiger partial charge on any atom is 0.224 e. The number of imidazole rings is 1. The predicted molar refractivity (Wildman–Crippen MR) is 135 cm³/mol. The van der Waals surface area contributed by atoms with Gasteiger partial charge >= 0.3 is 0 Å². The molecule has 0 saturated heterocycles. The van der Waals surface area contributed by atoms with Crippen molar-refractivity contribution in [2.45, 2.75) is 39.3 Å². The van der Waals surface area contributed by atoms with Crippen LogP contribution in [-0.2, 0) is 19.6 Å². The second-order valence-corrected chi connectivity index (χ2v) is 8.63. The summed E-state index contributed by atoms with van der Waals surface area (Å²) in [6.07, 6.45) is 6.35. The number of H-pyrrole nitrogens is 1. The molecule has 182 valence electrons. The Labute approximate surface area is 208 Å². The average molecular weight is 482 g/mol. The van der Waals surface area contributed by atoms with E-state index in [1.807, 2.05) is 48.7 Å². The van der Waals surface area contributed by atoms with Crippen molar-refractivity contribution in [1.29, 1.82) is 0 Å². The van der Waals surface area contributed by atoms with Gasteiger partial charge in [-0.15, -0.1) is 5.10 Å². The van der Waals surface area contributed by atoms with Crippen molar-refractivity contribution < 1.29 is 9.84 Å². The molecule has 9 heteroatoms. The number of rotatable bonds is 9. The zero-order valence-corrected chi connectivity index (χ0v) is 20.0. The molecule has 0 aliphatic rings. The number of nitrogens with zero attached hydrogens (tertiary/aromatic N) is 6. The lowest BCUT2D eigenvalue weighted by Crippen LogP contribution is -2.28. The summed E-state index contributed by atoms with van der Waals surface area (Å²) in [5.74, 6) is 1.51. The highest BCUT2D eigenvalue weighted by Crippen LogP contribution is 2.36. The first-order valence-corrected chi connectivity index (χ1v) is 12.0. The highest BCUT2D eigenvalue weighted by molar-refractivity contribution is 5.89. The number of aliphatic hydroxyl groups is 1. The summed E-state index contributed by atoms with van der Waals surface area (Å²) in [5, 5.41) is 36.9. The summed E-state index contributed by atoms with van der Waals surface area (Å²) in [6.45, 7) is 2.64. The number of hydrogen-bond acceptors (Lipinski definition) is 6. The van der Waals surface area contributed by atoms with Gasteiger partial charge in [-0.3, -0.25) is 0 Å². The van der Waals surface area contributed by atoms with Crippen molar-refractivity contribution in [2.75, 3.05) is 0 Å². The summed E-state index contributed by atoms with van der Waals surface area (Å²) in [6, 6.07) is 19.4. The van der Waals surface area contributed by atoms with Crippen molar-refractivity contribution in [3.8, 4) is 33.8 Å². The summed E-state index contributed by atoms with van der Waals surface area (Å²) in [5.41, 5.74) is 5.69. The van der Waals surface area contributed by atoms with Crippen molar-refractivity contribution in [3.05, 3.63) is 95.3 Å². The first-order chi connectivity index (χ1) is 17.7. The van der Waals surface area contributed by atoms with Crippen LogP contribution in [0.2, 0.25) is 0 Å². The van der Waals surface area contributed by atoms with E-state index in [1.165, 1.54) is 6.20 Å². The van der Waals surface area contributed by atoms with E-state index >= 15 is 0 Å². The number of pyridine rings is 1. The van der Waals surface area contributed by atoms with E-state index < -0.39 is 0 Å². The Hall–Kier alpha value is -4.37. The number of aromatic nitrogens is 7. The molecule has 0 fully saturated rings. The number of tetrazole rings is 1. The summed E-state index contributed by atoms with van der Waals surface area (Å²) < 4.78 is 2.97. The van der Waals surface area contributed by atoms with Crippen molar-refractivity contribution >= 4 is 0 Å². The lowest BCUT2D eigenvalue weighted by molar-refractivity contribution is -0.593. The van der Waals surface area contributed by atoms with E-state index in [2.05, 4.69) is 49.2 Å². The highest BCUT2D eigenvalue weighted by Gasteiger charge is 2.19. The first kappa shape index (κ1) is 23.4. The Balaban J connectivity index is 1.62. The van der Waals surface area contributed by atoms with Gasteiger partial charge in [0.25, 0.3) is 0 Å².